The van der Waals surface area contributed by atoms with Gasteiger partial charge in [0.15, 0.2) is 0 Å². The van der Waals surface area contributed by atoms with E-state index >= 15 is 0 Å². The van der Waals surface area contributed by atoms with Gasteiger partial charge in [-0.3, -0.25) is 4.90 Å². The molecule has 1 N–H and O–H groups in total. The summed E-state index contributed by atoms with van der Waals surface area (Å²) in [5.74, 6) is 0. The van der Waals surface area contributed by atoms with Crippen LogP contribution in [0.15, 0.2) is 0 Å². The standard InChI is InChI=1S/C11H24N2O/c1-3-12-11(2)5-4-6-13-7-9-14-10-8-13/h11-12H,3-10H2,1-2H3. The van der Waals surface area contributed by atoms with E-state index in [2.05, 4.69) is 24.1 Å². The average molecular weight is 200 g/mol. The maximum Gasteiger partial charge on any atom is 0.0594 e. The lowest BCUT2D eigenvalue weighted by atomic mass is 10.1. The van der Waals surface area contributed by atoms with Crippen molar-refractivity contribution in [1.82, 2.24) is 10.2 Å². The Morgan fingerprint density at radius 1 is 1.36 bits per heavy atom. The summed E-state index contributed by atoms with van der Waals surface area (Å²) in [6, 6.07) is 0.668. The van der Waals surface area contributed by atoms with Crippen molar-refractivity contribution in [2.24, 2.45) is 0 Å². The predicted molar refractivity (Wildman–Crippen MR) is 59.6 cm³/mol. The van der Waals surface area contributed by atoms with Crippen LogP contribution in [0, 0.1) is 0 Å². The van der Waals surface area contributed by atoms with E-state index in [1.165, 1.54) is 19.4 Å². The van der Waals surface area contributed by atoms with Gasteiger partial charge in [-0.05, 0) is 32.9 Å². The number of rotatable bonds is 6. The Balaban J connectivity index is 1.96. The molecule has 3 nitrogen and oxygen atoms in total. The molecule has 1 atom stereocenters. The number of ether oxygens (including phenoxy) is 1. The van der Waals surface area contributed by atoms with E-state index in [1.54, 1.807) is 0 Å². The molecule has 0 bridgehead atoms. The molecular weight excluding hydrogens is 176 g/mol. The highest BCUT2D eigenvalue weighted by Crippen LogP contribution is 2.02. The summed E-state index contributed by atoms with van der Waals surface area (Å²) in [6.45, 7) is 10.8. The van der Waals surface area contributed by atoms with Crippen molar-refractivity contribution in [3.8, 4) is 0 Å². The monoisotopic (exact) mass is 200 g/mol. The maximum absolute atomic E-state index is 5.31. The van der Waals surface area contributed by atoms with Gasteiger partial charge in [-0.15, -0.1) is 0 Å². The molecule has 3 heteroatoms. The Hall–Kier alpha value is -0.120. The second-order valence-corrected chi connectivity index (χ2v) is 4.05. The molecule has 1 heterocycles. The van der Waals surface area contributed by atoms with Crippen LogP contribution in [0.1, 0.15) is 26.7 Å². The predicted octanol–water partition coefficient (Wildman–Crippen LogP) is 1.10. The molecule has 84 valence electrons. The summed E-state index contributed by atoms with van der Waals surface area (Å²) in [5, 5.41) is 3.44. The molecule has 1 saturated heterocycles. The zero-order valence-corrected chi connectivity index (χ0v) is 9.59. The molecule has 1 unspecified atom stereocenters. The van der Waals surface area contributed by atoms with E-state index in [9.17, 15) is 0 Å². The molecule has 0 spiro atoms. The Kier molecular flexibility index (Phi) is 6.15. The quantitative estimate of drug-likeness (QED) is 0.695. The highest BCUT2D eigenvalue weighted by Gasteiger charge is 2.09. The second kappa shape index (κ2) is 7.21. The van der Waals surface area contributed by atoms with Crippen LogP contribution in [0.25, 0.3) is 0 Å². The number of morpholine rings is 1. The molecule has 0 aliphatic carbocycles. The van der Waals surface area contributed by atoms with Crippen molar-refractivity contribution >= 4 is 0 Å². The van der Waals surface area contributed by atoms with Gasteiger partial charge in [0.1, 0.15) is 0 Å². The summed E-state index contributed by atoms with van der Waals surface area (Å²) in [6.07, 6.45) is 2.58. The first-order chi connectivity index (χ1) is 6.83. The van der Waals surface area contributed by atoms with Gasteiger partial charge in [-0.25, -0.2) is 0 Å². The van der Waals surface area contributed by atoms with Crippen molar-refractivity contribution in [2.45, 2.75) is 32.7 Å². The van der Waals surface area contributed by atoms with E-state index in [-0.39, 0.29) is 0 Å². The smallest absolute Gasteiger partial charge is 0.0594 e. The first-order valence-corrected chi connectivity index (χ1v) is 5.86. The Bertz CT molecular complexity index is 135. The second-order valence-electron chi connectivity index (χ2n) is 4.05. The normalized spacial score (nSPS) is 21.0. The lowest BCUT2D eigenvalue weighted by molar-refractivity contribution is 0.0369. The lowest BCUT2D eigenvalue weighted by Crippen LogP contribution is -2.37. The van der Waals surface area contributed by atoms with Gasteiger partial charge in [0.25, 0.3) is 0 Å². The van der Waals surface area contributed by atoms with Gasteiger partial charge in [0.2, 0.25) is 0 Å². The molecule has 0 aromatic heterocycles. The SMILES string of the molecule is CCNC(C)CCCN1CCOCC1. The summed E-state index contributed by atoms with van der Waals surface area (Å²) in [7, 11) is 0. The fourth-order valence-electron chi connectivity index (χ4n) is 1.90. The van der Waals surface area contributed by atoms with Crippen molar-refractivity contribution < 1.29 is 4.74 Å². The Labute approximate surface area is 87.8 Å². The molecule has 1 fully saturated rings. The highest BCUT2D eigenvalue weighted by atomic mass is 16.5. The van der Waals surface area contributed by atoms with Gasteiger partial charge in [-0.1, -0.05) is 6.92 Å². The third-order valence-electron chi connectivity index (χ3n) is 2.77. The van der Waals surface area contributed by atoms with Crippen LogP contribution in [0.3, 0.4) is 0 Å². The zero-order chi connectivity index (χ0) is 10.2. The summed E-state index contributed by atoms with van der Waals surface area (Å²) >= 11 is 0. The minimum atomic E-state index is 0.668. The first-order valence-electron chi connectivity index (χ1n) is 5.86. The first kappa shape index (κ1) is 12.0. The van der Waals surface area contributed by atoms with Crippen molar-refractivity contribution in [1.29, 1.82) is 0 Å². The van der Waals surface area contributed by atoms with E-state index in [0.717, 1.165) is 32.8 Å². The summed E-state index contributed by atoms with van der Waals surface area (Å²) in [5.41, 5.74) is 0. The molecule has 14 heavy (non-hydrogen) atoms. The van der Waals surface area contributed by atoms with Gasteiger partial charge in [0.05, 0.1) is 13.2 Å². The molecule has 1 rings (SSSR count). The number of nitrogens with one attached hydrogen (secondary N) is 1. The van der Waals surface area contributed by atoms with Crippen LogP contribution in [0.2, 0.25) is 0 Å². The maximum atomic E-state index is 5.31. The van der Waals surface area contributed by atoms with Crippen LogP contribution in [0.5, 0.6) is 0 Å². The van der Waals surface area contributed by atoms with E-state index in [1.807, 2.05) is 0 Å². The zero-order valence-electron chi connectivity index (χ0n) is 9.59. The number of nitrogens with zero attached hydrogens (tertiary/aromatic N) is 1. The number of hydrogen-bond acceptors (Lipinski definition) is 3. The fourth-order valence-corrected chi connectivity index (χ4v) is 1.90. The summed E-state index contributed by atoms with van der Waals surface area (Å²) < 4.78 is 5.31. The molecule has 0 aromatic rings. The van der Waals surface area contributed by atoms with Crippen LogP contribution >= 0.6 is 0 Å². The molecule has 0 radical (unpaired) electrons. The van der Waals surface area contributed by atoms with Gasteiger partial charge >= 0.3 is 0 Å². The van der Waals surface area contributed by atoms with Crippen molar-refractivity contribution in [2.75, 3.05) is 39.4 Å². The van der Waals surface area contributed by atoms with Crippen LogP contribution in [-0.2, 0) is 4.74 Å². The van der Waals surface area contributed by atoms with Crippen LogP contribution in [0.4, 0.5) is 0 Å². The fraction of sp³-hybridized carbons (Fsp3) is 1.00. The largest absolute Gasteiger partial charge is 0.379 e. The molecule has 0 saturated carbocycles. The van der Waals surface area contributed by atoms with Crippen molar-refractivity contribution in [3.63, 3.8) is 0 Å². The van der Waals surface area contributed by atoms with Crippen LogP contribution in [-0.4, -0.2) is 50.3 Å². The molecular formula is C11H24N2O. The summed E-state index contributed by atoms with van der Waals surface area (Å²) in [4.78, 5) is 2.50. The molecule has 0 amide bonds. The van der Waals surface area contributed by atoms with Gasteiger partial charge in [-0.2, -0.15) is 0 Å². The average Bonchev–Trinajstić information content (AvgIpc) is 2.20. The Morgan fingerprint density at radius 2 is 2.07 bits per heavy atom. The van der Waals surface area contributed by atoms with E-state index in [4.69, 9.17) is 4.74 Å². The van der Waals surface area contributed by atoms with Gasteiger partial charge < -0.3 is 10.1 Å². The van der Waals surface area contributed by atoms with Crippen LogP contribution < -0.4 is 5.32 Å². The molecule has 0 aromatic carbocycles. The van der Waals surface area contributed by atoms with E-state index in [0.29, 0.717) is 6.04 Å². The lowest BCUT2D eigenvalue weighted by Gasteiger charge is -2.26. The minimum Gasteiger partial charge on any atom is -0.379 e. The molecule has 1 aliphatic rings. The number of hydrogen-bond donors (Lipinski definition) is 1. The minimum absolute atomic E-state index is 0.668. The third-order valence-corrected chi connectivity index (χ3v) is 2.77. The van der Waals surface area contributed by atoms with Gasteiger partial charge in [0, 0.05) is 19.1 Å². The third kappa shape index (κ3) is 4.94. The van der Waals surface area contributed by atoms with E-state index < -0.39 is 0 Å². The molecule has 1 aliphatic heterocycles. The topological polar surface area (TPSA) is 24.5 Å². The van der Waals surface area contributed by atoms with Crippen molar-refractivity contribution in [3.05, 3.63) is 0 Å². The Morgan fingerprint density at radius 3 is 2.71 bits per heavy atom. The highest BCUT2D eigenvalue weighted by molar-refractivity contribution is 4.64.